The molecule has 0 bridgehead atoms. The van der Waals surface area contributed by atoms with E-state index < -0.39 is 18.0 Å². The molecule has 0 aromatic carbocycles. The van der Waals surface area contributed by atoms with Gasteiger partial charge >= 0.3 is 171 Å². The van der Waals surface area contributed by atoms with Crippen LogP contribution in [-0.4, -0.2) is 30.0 Å². The second-order valence-electron chi connectivity index (χ2n) is 4.27. The molecule has 0 saturated carbocycles. The Hall–Kier alpha value is 2.61. The number of halogens is 9. The van der Waals surface area contributed by atoms with E-state index in [4.69, 9.17) is 99.7 Å². The van der Waals surface area contributed by atoms with Gasteiger partial charge in [-0.1, -0.05) is 0 Å². The summed E-state index contributed by atoms with van der Waals surface area (Å²) < 4.78 is 0. The zero-order valence-corrected chi connectivity index (χ0v) is 19.9. The first-order valence-corrected chi connectivity index (χ1v) is 21.2. The summed E-state index contributed by atoms with van der Waals surface area (Å²) in [6.45, 7) is 0. The van der Waals surface area contributed by atoms with Crippen LogP contribution in [0.1, 0.15) is 16.8 Å². The average Bonchev–Trinajstić information content (AvgIpc) is 2.16. The molecular formula is C7H7BCl9NSi3. The number of aromatic nitrogens is 1. The molecule has 0 aliphatic rings. The average molecular weight is 519 g/mol. The normalized spacial score (nSPS) is 13.4. The van der Waals surface area contributed by atoms with E-state index in [1.807, 2.05) is 0 Å². The molecular weight excluding hydrogens is 512 g/mol. The molecule has 0 radical (unpaired) electrons. The van der Waals surface area contributed by atoms with Crippen LogP contribution in [0.15, 0.2) is 5.96 Å². The number of nitrogens with zero attached hydrogens (tertiary/aromatic N) is 1. The summed E-state index contributed by atoms with van der Waals surface area (Å²) in [5.41, 5.74) is 2.11. The van der Waals surface area contributed by atoms with Crippen LogP contribution in [0, 0.1) is 0 Å². The quantitative estimate of drug-likeness (QED) is 0.351. The Morgan fingerprint density at radius 3 is 1.67 bits per heavy atom. The summed E-state index contributed by atoms with van der Waals surface area (Å²) in [7, 11) is 1.59. The SMILES string of the molecule is Cl[Si](Cl)(Cl)Cc1cbnc(C[Si](Cl)(Cl)Cl)c1C[Si](Cl)(Cl)Cl. The Morgan fingerprint density at radius 2 is 1.24 bits per heavy atom. The van der Waals surface area contributed by atoms with E-state index in [2.05, 4.69) is 4.89 Å². The van der Waals surface area contributed by atoms with Crippen molar-refractivity contribution in [2.45, 2.75) is 18.1 Å². The Labute approximate surface area is 169 Å². The maximum absolute atomic E-state index is 6.02. The van der Waals surface area contributed by atoms with Crippen molar-refractivity contribution in [3.05, 3.63) is 22.8 Å². The number of rotatable bonds is 6. The molecule has 0 N–H and O–H groups in total. The fourth-order valence-electron chi connectivity index (χ4n) is 1.72. The predicted octanol–water partition coefficient (Wildman–Crippen LogP) is 5.63. The van der Waals surface area contributed by atoms with Crippen LogP contribution >= 0.6 is 99.7 Å². The van der Waals surface area contributed by atoms with Gasteiger partial charge in [0.15, 0.2) is 0 Å². The van der Waals surface area contributed by atoms with Crippen LogP contribution in [0.2, 0.25) is 0 Å². The molecule has 21 heavy (non-hydrogen) atoms. The molecule has 0 atom stereocenters. The second kappa shape index (κ2) is 8.32. The zero-order chi connectivity index (χ0) is 16.5. The van der Waals surface area contributed by atoms with Gasteiger partial charge in [0, 0.05) is 0 Å². The first kappa shape index (κ1) is 21.6. The van der Waals surface area contributed by atoms with E-state index >= 15 is 0 Å². The first-order chi connectivity index (χ1) is 9.27. The third-order valence-electron chi connectivity index (χ3n) is 2.38. The third-order valence-corrected chi connectivity index (χ3v) is 8.26. The minimum atomic E-state index is -2.96. The molecule has 1 nitrogen and oxygen atoms in total. The standard InChI is InChI=1S/C7H7BCl9NSi3/c9-19(10,11)2-5-1-8-18-7(4-21(15,16)17)6(5)3-20(12,13)14/h1H,2-4H2. The third kappa shape index (κ3) is 9.61. The fraction of sp³-hybridized carbons (Fsp3) is 0.429. The number of hydrogen-bond acceptors (Lipinski definition) is 1. The molecule has 0 aliphatic carbocycles. The molecule has 0 unspecified atom stereocenters. The van der Waals surface area contributed by atoms with Crippen LogP contribution in [-0.2, 0) is 18.1 Å². The molecule has 1 aromatic heterocycles. The van der Waals surface area contributed by atoms with Crippen LogP contribution in [0.4, 0.5) is 0 Å². The molecule has 0 spiro atoms. The van der Waals surface area contributed by atoms with E-state index in [1.165, 1.54) is 0 Å². The van der Waals surface area contributed by atoms with Gasteiger partial charge in [0.1, 0.15) is 0 Å². The van der Waals surface area contributed by atoms with Crippen molar-refractivity contribution in [2.75, 3.05) is 0 Å². The summed E-state index contributed by atoms with van der Waals surface area (Å²) in [5.74, 6) is 1.75. The maximum atomic E-state index is 6.02. The van der Waals surface area contributed by atoms with Crippen molar-refractivity contribution < 1.29 is 0 Å². The second-order valence-corrected chi connectivity index (χ2v) is 31.7. The van der Waals surface area contributed by atoms with Crippen molar-refractivity contribution in [3.8, 4) is 0 Å². The van der Waals surface area contributed by atoms with E-state index in [9.17, 15) is 0 Å². The summed E-state index contributed by atoms with van der Waals surface area (Å²) >= 11 is 53.9. The van der Waals surface area contributed by atoms with Gasteiger partial charge in [-0.2, -0.15) is 0 Å². The van der Waals surface area contributed by atoms with Gasteiger partial charge in [0.05, 0.1) is 0 Å². The van der Waals surface area contributed by atoms with E-state index in [0.717, 1.165) is 11.1 Å². The van der Waals surface area contributed by atoms with Gasteiger partial charge in [-0.05, 0) is 0 Å². The van der Waals surface area contributed by atoms with E-state index in [1.54, 1.807) is 13.0 Å². The van der Waals surface area contributed by atoms with Gasteiger partial charge in [0.2, 0.25) is 0 Å². The minimum absolute atomic E-state index is 0.220. The fourth-order valence-corrected chi connectivity index (χ4v) is 7.64. The summed E-state index contributed by atoms with van der Waals surface area (Å²) in [5, 5.41) is 0. The molecule has 0 fully saturated rings. The van der Waals surface area contributed by atoms with Crippen molar-refractivity contribution >= 4 is 125 Å². The Balaban J connectivity index is 3.27. The molecule has 1 aromatic rings. The Kier molecular flexibility index (Phi) is 8.58. The monoisotopic (exact) mass is 515 g/mol. The summed E-state index contributed by atoms with van der Waals surface area (Å²) in [6.07, 6.45) is 0. The molecule has 14 heteroatoms. The predicted molar refractivity (Wildman–Crippen MR) is 107 cm³/mol. The van der Waals surface area contributed by atoms with Crippen LogP contribution in [0.5, 0.6) is 0 Å². The zero-order valence-electron chi connectivity index (χ0n) is 10.1. The van der Waals surface area contributed by atoms with Crippen molar-refractivity contribution in [1.82, 2.24) is 4.89 Å². The van der Waals surface area contributed by atoms with Crippen LogP contribution in [0.25, 0.3) is 0 Å². The van der Waals surface area contributed by atoms with Gasteiger partial charge < -0.3 is 0 Å². The van der Waals surface area contributed by atoms with Crippen molar-refractivity contribution in [3.63, 3.8) is 0 Å². The Bertz CT molecular complexity index is 463. The molecule has 0 amide bonds. The van der Waals surface area contributed by atoms with Crippen molar-refractivity contribution in [2.24, 2.45) is 0 Å². The van der Waals surface area contributed by atoms with Crippen molar-refractivity contribution in [1.29, 1.82) is 0 Å². The molecule has 0 aliphatic heterocycles. The van der Waals surface area contributed by atoms with Crippen LogP contribution in [0.3, 0.4) is 0 Å². The Morgan fingerprint density at radius 1 is 0.762 bits per heavy atom. The first-order valence-electron chi connectivity index (χ1n) is 5.43. The summed E-state index contributed by atoms with van der Waals surface area (Å²) in [6, 6.07) is -8.05. The number of hydrogen-bond donors (Lipinski definition) is 0. The molecule has 0 saturated heterocycles. The van der Waals surface area contributed by atoms with E-state index in [0.29, 0.717) is 11.7 Å². The van der Waals surface area contributed by atoms with E-state index in [-0.39, 0.29) is 12.1 Å². The van der Waals surface area contributed by atoms with Gasteiger partial charge in [-0.15, -0.1) is 0 Å². The van der Waals surface area contributed by atoms with Crippen LogP contribution < -0.4 is 0 Å². The molecule has 118 valence electrons. The van der Waals surface area contributed by atoms with Gasteiger partial charge in [-0.25, -0.2) is 0 Å². The topological polar surface area (TPSA) is 12.9 Å². The van der Waals surface area contributed by atoms with Gasteiger partial charge in [0.25, 0.3) is 0 Å². The van der Waals surface area contributed by atoms with Gasteiger partial charge in [-0.3, -0.25) is 0 Å². The summed E-state index contributed by atoms with van der Waals surface area (Å²) in [4.78, 5) is 4.25. The molecule has 1 heterocycles. The molecule has 1 rings (SSSR count).